The molecular formula is C11H13ClN4O. The lowest BCUT2D eigenvalue weighted by Gasteiger charge is -2.04. The number of hydrogen-bond donors (Lipinski definition) is 2. The minimum Gasteiger partial charge on any atom is -0.406 e. The van der Waals surface area contributed by atoms with E-state index >= 15 is 0 Å². The summed E-state index contributed by atoms with van der Waals surface area (Å²) in [6, 6.07) is 6.04. The van der Waals surface area contributed by atoms with Crippen LogP contribution in [0.3, 0.4) is 0 Å². The predicted molar refractivity (Wildman–Crippen MR) is 66.5 cm³/mol. The molecule has 0 aliphatic heterocycles. The Morgan fingerprint density at radius 3 is 2.88 bits per heavy atom. The van der Waals surface area contributed by atoms with Gasteiger partial charge in [-0.2, -0.15) is 0 Å². The number of nitrogens with zero attached hydrogens (tertiary/aromatic N) is 2. The quantitative estimate of drug-likeness (QED) is 0.875. The summed E-state index contributed by atoms with van der Waals surface area (Å²) >= 11 is 6.08. The zero-order valence-corrected chi connectivity index (χ0v) is 10.4. The first kappa shape index (κ1) is 11.9. The molecule has 0 amide bonds. The molecule has 1 heterocycles. The van der Waals surface area contributed by atoms with Gasteiger partial charge in [-0.05, 0) is 31.7 Å². The molecule has 2 aromatic rings. The largest absolute Gasteiger partial charge is 0.406 e. The average molecular weight is 253 g/mol. The SMILES string of the molecule is CNCc1nnc(Nc2ccc(C)cc2Cl)o1. The van der Waals surface area contributed by atoms with Gasteiger partial charge in [0, 0.05) is 0 Å². The maximum Gasteiger partial charge on any atom is 0.320 e. The van der Waals surface area contributed by atoms with E-state index in [0.29, 0.717) is 23.5 Å². The number of rotatable bonds is 4. The van der Waals surface area contributed by atoms with Crippen molar-refractivity contribution in [3.63, 3.8) is 0 Å². The number of nitrogens with one attached hydrogen (secondary N) is 2. The summed E-state index contributed by atoms with van der Waals surface area (Å²) in [5.74, 6) is 0.526. The van der Waals surface area contributed by atoms with Crippen LogP contribution in [0, 0.1) is 6.92 Å². The van der Waals surface area contributed by atoms with Crippen molar-refractivity contribution in [1.29, 1.82) is 0 Å². The van der Waals surface area contributed by atoms with Crippen molar-refractivity contribution in [2.24, 2.45) is 0 Å². The Kier molecular flexibility index (Phi) is 3.61. The number of aryl methyl sites for hydroxylation is 1. The zero-order valence-electron chi connectivity index (χ0n) is 9.62. The van der Waals surface area contributed by atoms with Crippen LogP contribution in [0.15, 0.2) is 22.6 Å². The summed E-state index contributed by atoms with van der Waals surface area (Å²) in [4.78, 5) is 0. The van der Waals surface area contributed by atoms with E-state index in [2.05, 4.69) is 20.8 Å². The smallest absolute Gasteiger partial charge is 0.320 e. The van der Waals surface area contributed by atoms with Crippen LogP contribution in [0.2, 0.25) is 5.02 Å². The van der Waals surface area contributed by atoms with Gasteiger partial charge in [-0.15, -0.1) is 5.10 Å². The van der Waals surface area contributed by atoms with Gasteiger partial charge in [0.1, 0.15) is 0 Å². The van der Waals surface area contributed by atoms with Gasteiger partial charge in [0.15, 0.2) is 0 Å². The van der Waals surface area contributed by atoms with E-state index in [4.69, 9.17) is 16.0 Å². The van der Waals surface area contributed by atoms with Crippen molar-refractivity contribution in [1.82, 2.24) is 15.5 Å². The number of hydrogen-bond acceptors (Lipinski definition) is 5. The van der Waals surface area contributed by atoms with E-state index in [0.717, 1.165) is 11.3 Å². The zero-order chi connectivity index (χ0) is 12.3. The minimum absolute atomic E-state index is 0.334. The van der Waals surface area contributed by atoms with Crippen molar-refractivity contribution in [3.8, 4) is 0 Å². The monoisotopic (exact) mass is 252 g/mol. The normalized spacial score (nSPS) is 10.5. The highest BCUT2D eigenvalue weighted by atomic mass is 35.5. The Hall–Kier alpha value is -1.59. The van der Waals surface area contributed by atoms with Crippen molar-refractivity contribution < 1.29 is 4.42 Å². The van der Waals surface area contributed by atoms with Gasteiger partial charge in [-0.3, -0.25) is 0 Å². The molecule has 1 aromatic heterocycles. The standard InChI is InChI=1S/C11H13ClN4O/c1-7-3-4-9(8(12)5-7)14-11-16-15-10(17-11)6-13-2/h3-5,13H,6H2,1-2H3,(H,14,16). The first-order valence-corrected chi connectivity index (χ1v) is 5.57. The second kappa shape index (κ2) is 5.16. The summed E-state index contributed by atoms with van der Waals surface area (Å²) in [7, 11) is 1.81. The van der Waals surface area contributed by atoms with Crippen LogP contribution in [0.1, 0.15) is 11.5 Å². The molecule has 1 aromatic carbocycles. The summed E-state index contributed by atoms with van der Waals surface area (Å²) < 4.78 is 5.36. The van der Waals surface area contributed by atoms with Crippen LogP contribution < -0.4 is 10.6 Å². The van der Waals surface area contributed by atoms with Gasteiger partial charge >= 0.3 is 6.01 Å². The first-order chi connectivity index (χ1) is 8.19. The molecule has 0 bridgehead atoms. The molecule has 0 radical (unpaired) electrons. The highest BCUT2D eigenvalue weighted by molar-refractivity contribution is 6.33. The molecule has 0 aliphatic rings. The summed E-state index contributed by atoms with van der Waals surface area (Å²) in [5, 5.41) is 14.3. The fraction of sp³-hybridized carbons (Fsp3) is 0.273. The molecule has 17 heavy (non-hydrogen) atoms. The second-order valence-corrected chi connectivity index (χ2v) is 4.05. The molecule has 6 heteroatoms. The lowest BCUT2D eigenvalue weighted by molar-refractivity contribution is 0.493. The van der Waals surface area contributed by atoms with Crippen molar-refractivity contribution in [2.45, 2.75) is 13.5 Å². The molecule has 0 atom stereocenters. The highest BCUT2D eigenvalue weighted by Crippen LogP contribution is 2.25. The number of halogens is 1. The Morgan fingerprint density at radius 2 is 2.18 bits per heavy atom. The van der Waals surface area contributed by atoms with Gasteiger partial charge in [-0.25, -0.2) is 0 Å². The third-order valence-electron chi connectivity index (χ3n) is 2.16. The van der Waals surface area contributed by atoms with Gasteiger partial charge in [0.2, 0.25) is 5.89 Å². The highest BCUT2D eigenvalue weighted by Gasteiger charge is 2.07. The van der Waals surface area contributed by atoms with Crippen LogP contribution in [0.25, 0.3) is 0 Å². The van der Waals surface area contributed by atoms with Gasteiger partial charge in [-0.1, -0.05) is 22.8 Å². The van der Waals surface area contributed by atoms with Gasteiger partial charge in [0.25, 0.3) is 0 Å². The Labute approximate surface area is 104 Å². The fourth-order valence-electron chi connectivity index (χ4n) is 1.36. The molecule has 0 saturated heterocycles. The summed E-state index contributed by atoms with van der Waals surface area (Å²) in [5.41, 5.74) is 1.85. The Morgan fingerprint density at radius 1 is 1.35 bits per heavy atom. The van der Waals surface area contributed by atoms with E-state index in [1.165, 1.54) is 0 Å². The topological polar surface area (TPSA) is 63.0 Å². The minimum atomic E-state index is 0.334. The van der Waals surface area contributed by atoms with E-state index in [1.54, 1.807) is 0 Å². The molecule has 0 saturated carbocycles. The lowest BCUT2D eigenvalue weighted by atomic mass is 10.2. The van der Waals surface area contributed by atoms with Crippen LogP contribution in [0.4, 0.5) is 11.7 Å². The van der Waals surface area contributed by atoms with Crippen LogP contribution in [0.5, 0.6) is 0 Å². The molecule has 0 unspecified atom stereocenters. The maximum absolute atomic E-state index is 6.08. The Balaban J connectivity index is 2.13. The first-order valence-electron chi connectivity index (χ1n) is 5.19. The number of anilines is 2. The molecule has 0 aliphatic carbocycles. The second-order valence-electron chi connectivity index (χ2n) is 3.64. The molecule has 5 nitrogen and oxygen atoms in total. The van der Waals surface area contributed by atoms with Crippen LogP contribution in [-0.2, 0) is 6.54 Å². The summed E-state index contributed by atoms with van der Waals surface area (Å²) in [6.45, 7) is 2.52. The molecule has 2 rings (SSSR count). The molecule has 0 fully saturated rings. The summed E-state index contributed by atoms with van der Waals surface area (Å²) in [6.07, 6.45) is 0. The maximum atomic E-state index is 6.08. The third kappa shape index (κ3) is 2.95. The van der Waals surface area contributed by atoms with E-state index in [-0.39, 0.29) is 0 Å². The molecule has 0 spiro atoms. The number of benzene rings is 1. The van der Waals surface area contributed by atoms with E-state index < -0.39 is 0 Å². The lowest BCUT2D eigenvalue weighted by Crippen LogP contribution is -2.04. The molecular weight excluding hydrogens is 240 g/mol. The third-order valence-corrected chi connectivity index (χ3v) is 2.47. The van der Waals surface area contributed by atoms with E-state index in [9.17, 15) is 0 Å². The van der Waals surface area contributed by atoms with Crippen molar-refractivity contribution in [3.05, 3.63) is 34.7 Å². The van der Waals surface area contributed by atoms with Crippen molar-refractivity contribution in [2.75, 3.05) is 12.4 Å². The average Bonchev–Trinajstić information content (AvgIpc) is 2.71. The Bertz CT molecular complexity index is 512. The van der Waals surface area contributed by atoms with E-state index in [1.807, 2.05) is 32.2 Å². The van der Waals surface area contributed by atoms with Gasteiger partial charge in [0.05, 0.1) is 17.3 Å². The molecule has 2 N–H and O–H groups in total. The van der Waals surface area contributed by atoms with Crippen LogP contribution in [-0.4, -0.2) is 17.2 Å². The fourth-order valence-corrected chi connectivity index (χ4v) is 1.65. The number of aromatic nitrogens is 2. The van der Waals surface area contributed by atoms with Crippen LogP contribution >= 0.6 is 11.6 Å². The van der Waals surface area contributed by atoms with Gasteiger partial charge < -0.3 is 15.1 Å². The molecule has 90 valence electrons. The predicted octanol–water partition coefficient (Wildman–Crippen LogP) is 2.49. The van der Waals surface area contributed by atoms with Crippen molar-refractivity contribution >= 4 is 23.3 Å².